The van der Waals surface area contributed by atoms with E-state index in [1.165, 1.54) is 0 Å². The largest absolute Gasteiger partial charge is 0.458 e. The summed E-state index contributed by atoms with van der Waals surface area (Å²) in [7, 11) is 0. The van der Waals surface area contributed by atoms with Crippen molar-refractivity contribution in [1.29, 1.82) is 0 Å². The molecule has 0 aliphatic rings. The Morgan fingerprint density at radius 2 is 1.35 bits per heavy atom. The van der Waals surface area contributed by atoms with Crippen LogP contribution in [0.4, 0.5) is 37.7 Å². The molecule has 1 N–H and O–H groups in total. The van der Waals surface area contributed by atoms with E-state index in [1.54, 1.807) is 0 Å². The number of rotatable bonds is 5. The van der Waals surface area contributed by atoms with Crippen molar-refractivity contribution in [2.24, 2.45) is 0 Å². The molecular formula is C11H6F6N2O7. The van der Waals surface area contributed by atoms with Crippen molar-refractivity contribution >= 4 is 17.3 Å². The molecule has 0 amide bonds. The zero-order valence-electron chi connectivity index (χ0n) is 12.0. The average Bonchev–Trinajstić information content (AvgIpc) is 2.48. The highest BCUT2D eigenvalue weighted by atomic mass is 19.4. The number of alkyl halides is 6. The standard InChI is InChI=1S/C11H6F6N2O7/c12-10(13,14)9(21,11(15,16)17)8(20)26-4-5-1-6(18(22)23)3-7(2-5)19(24)25/h1-3,21H,4H2. The molecule has 0 aromatic heterocycles. The Hall–Kier alpha value is -2.97. The van der Waals surface area contributed by atoms with Gasteiger partial charge in [-0.2, -0.15) is 26.3 Å². The second-order valence-electron chi connectivity index (χ2n) is 4.65. The molecule has 0 heterocycles. The molecule has 0 aliphatic heterocycles. The van der Waals surface area contributed by atoms with Gasteiger partial charge < -0.3 is 9.84 Å². The lowest BCUT2D eigenvalue weighted by Crippen LogP contribution is -2.62. The molecule has 0 spiro atoms. The molecule has 0 saturated heterocycles. The number of esters is 1. The van der Waals surface area contributed by atoms with Gasteiger partial charge in [0.1, 0.15) is 6.61 Å². The summed E-state index contributed by atoms with van der Waals surface area (Å²) in [5.74, 6) is -3.15. The molecule has 0 saturated carbocycles. The molecule has 1 aromatic rings. The van der Waals surface area contributed by atoms with E-state index in [-0.39, 0.29) is 0 Å². The maximum Gasteiger partial charge on any atom is 0.437 e. The van der Waals surface area contributed by atoms with Crippen molar-refractivity contribution in [3.63, 3.8) is 0 Å². The number of carbonyl (C=O) groups is 1. The number of nitrogens with zero attached hydrogens (tertiary/aromatic N) is 2. The number of nitro benzene ring substituents is 2. The Labute approximate surface area is 138 Å². The Morgan fingerprint density at radius 1 is 0.962 bits per heavy atom. The molecule has 0 bridgehead atoms. The minimum Gasteiger partial charge on any atom is -0.458 e. The molecular weight excluding hydrogens is 386 g/mol. The molecule has 0 unspecified atom stereocenters. The number of ether oxygens (including phenoxy) is 1. The van der Waals surface area contributed by atoms with Gasteiger partial charge in [-0.25, -0.2) is 4.79 Å². The fourth-order valence-electron chi connectivity index (χ4n) is 1.60. The van der Waals surface area contributed by atoms with Crippen LogP contribution in [-0.2, 0) is 16.1 Å². The van der Waals surface area contributed by atoms with Crippen LogP contribution in [0.2, 0.25) is 0 Å². The number of hydrogen-bond donors (Lipinski definition) is 1. The van der Waals surface area contributed by atoms with Gasteiger partial charge in [0.25, 0.3) is 11.4 Å². The molecule has 1 rings (SSSR count). The number of benzene rings is 1. The van der Waals surface area contributed by atoms with Crippen LogP contribution in [0, 0.1) is 20.2 Å². The summed E-state index contributed by atoms with van der Waals surface area (Å²) in [6.45, 7) is -1.43. The first-order valence-electron chi connectivity index (χ1n) is 6.07. The van der Waals surface area contributed by atoms with E-state index < -0.39 is 57.3 Å². The number of hydrogen-bond acceptors (Lipinski definition) is 7. The Balaban J connectivity index is 3.17. The summed E-state index contributed by atoms with van der Waals surface area (Å²) < 4.78 is 78.5. The van der Waals surface area contributed by atoms with Gasteiger partial charge in [0.05, 0.1) is 15.9 Å². The Kier molecular flexibility index (Phi) is 5.46. The molecule has 9 nitrogen and oxygen atoms in total. The normalized spacial score (nSPS) is 12.6. The van der Waals surface area contributed by atoms with Crippen LogP contribution < -0.4 is 0 Å². The van der Waals surface area contributed by atoms with Crippen LogP contribution >= 0.6 is 0 Å². The summed E-state index contributed by atoms with van der Waals surface area (Å²) in [5, 5.41) is 30.0. The highest BCUT2D eigenvalue weighted by Gasteiger charge is 2.76. The van der Waals surface area contributed by atoms with Gasteiger partial charge in [0.2, 0.25) is 0 Å². The van der Waals surface area contributed by atoms with E-state index in [9.17, 15) is 51.4 Å². The molecule has 1 aromatic carbocycles. The van der Waals surface area contributed by atoms with Gasteiger partial charge in [-0.05, 0) is 0 Å². The first-order valence-corrected chi connectivity index (χ1v) is 6.07. The minimum atomic E-state index is -6.48. The van der Waals surface area contributed by atoms with Gasteiger partial charge in [0, 0.05) is 17.7 Å². The van der Waals surface area contributed by atoms with Crippen molar-refractivity contribution in [3.05, 3.63) is 44.0 Å². The van der Waals surface area contributed by atoms with Crippen LogP contribution in [0.25, 0.3) is 0 Å². The van der Waals surface area contributed by atoms with Gasteiger partial charge in [-0.15, -0.1) is 0 Å². The number of nitro groups is 2. The van der Waals surface area contributed by atoms with Crippen molar-refractivity contribution in [2.75, 3.05) is 0 Å². The van der Waals surface area contributed by atoms with Gasteiger partial charge >= 0.3 is 23.9 Å². The predicted octanol–water partition coefficient (Wildman–Crippen LogP) is 2.40. The molecule has 0 aliphatic carbocycles. The highest BCUT2D eigenvalue weighted by molar-refractivity contribution is 5.81. The lowest BCUT2D eigenvalue weighted by Gasteiger charge is -2.29. The minimum absolute atomic E-state index is 0.465. The number of aliphatic hydroxyl groups is 1. The maximum absolute atomic E-state index is 12.5. The van der Waals surface area contributed by atoms with Crippen molar-refractivity contribution in [3.8, 4) is 0 Å². The van der Waals surface area contributed by atoms with Crippen LogP contribution in [0.3, 0.4) is 0 Å². The molecule has 0 radical (unpaired) electrons. The number of non-ortho nitro benzene ring substituents is 2. The lowest BCUT2D eigenvalue weighted by molar-refractivity contribution is -0.394. The van der Waals surface area contributed by atoms with Gasteiger partial charge in [-0.1, -0.05) is 0 Å². The highest BCUT2D eigenvalue weighted by Crippen LogP contribution is 2.44. The second kappa shape index (κ2) is 6.74. The zero-order valence-corrected chi connectivity index (χ0v) is 12.0. The molecule has 15 heteroatoms. The van der Waals surface area contributed by atoms with Crippen LogP contribution in [0.5, 0.6) is 0 Å². The van der Waals surface area contributed by atoms with E-state index in [1.807, 2.05) is 0 Å². The predicted molar refractivity (Wildman–Crippen MR) is 66.6 cm³/mol. The summed E-state index contributed by atoms with van der Waals surface area (Å²) in [4.78, 5) is 30.2. The van der Waals surface area contributed by atoms with Crippen LogP contribution in [0.15, 0.2) is 18.2 Å². The maximum atomic E-state index is 12.5. The number of halogens is 6. The molecule has 0 fully saturated rings. The fourth-order valence-corrected chi connectivity index (χ4v) is 1.60. The quantitative estimate of drug-likeness (QED) is 0.352. The Bertz CT molecular complexity index is 699. The van der Waals surface area contributed by atoms with E-state index >= 15 is 0 Å². The SMILES string of the molecule is O=C(OCc1cc([N+](=O)[O-])cc([N+](=O)[O-])c1)C(O)(C(F)(F)F)C(F)(F)F. The third-order valence-corrected chi connectivity index (χ3v) is 2.87. The summed E-state index contributed by atoms with van der Waals surface area (Å²) in [6, 6.07) is 1.52. The fraction of sp³-hybridized carbons (Fsp3) is 0.364. The van der Waals surface area contributed by atoms with E-state index in [2.05, 4.69) is 4.74 Å². The molecule has 0 atom stereocenters. The van der Waals surface area contributed by atoms with E-state index in [0.29, 0.717) is 18.2 Å². The van der Waals surface area contributed by atoms with Crippen LogP contribution in [-0.4, -0.2) is 38.9 Å². The summed E-state index contributed by atoms with van der Waals surface area (Å²) in [5.41, 5.74) is -8.34. The zero-order chi connectivity index (χ0) is 20.5. The first kappa shape index (κ1) is 21.1. The molecule has 26 heavy (non-hydrogen) atoms. The third kappa shape index (κ3) is 3.98. The summed E-state index contributed by atoms with van der Waals surface area (Å²) in [6.07, 6.45) is -13.0. The van der Waals surface area contributed by atoms with Crippen molar-refractivity contribution < 1.29 is 50.8 Å². The van der Waals surface area contributed by atoms with Crippen molar-refractivity contribution in [1.82, 2.24) is 0 Å². The number of carbonyl (C=O) groups excluding carboxylic acids is 1. The van der Waals surface area contributed by atoms with E-state index in [4.69, 9.17) is 5.11 Å². The summed E-state index contributed by atoms with van der Waals surface area (Å²) >= 11 is 0. The van der Waals surface area contributed by atoms with Gasteiger partial charge in [0.15, 0.2) is 0 Å². The smallest absolute Gasteiger partial charge is 0.437 e. The molecule has 144 valence electrons. The third-order valence-electron chi connectivity index (χ3n) is 2.87. The monoisotopic (exact) mass is 392 g/mol. The van der Waals surface area contributed by atoms with Crippen LogP contribution in [0.1, 0.15) is 5.56 Å². The van der Waals surface area contributed by atoms with Crippen molar-refractivity contribution in [2.45, 2.75) is 24.6 Å². The average molecular weight is 392 g/mol. The van der Waals surface area contributed by atoms with Gasteiger partial charge in [-0.3, -0.25) is 20.2 Å². The Morgan fingerprint density at radius 3 is 1.65 bits per heavy atom. The first-order chi connectivity index (χ1) is 11.6. The lowest BCUT2D eigenvalue weighted by atomic mass is 10.0. The topological polar surface area (TPSA) is 133 Å². The van der Waals surface area contributed by atoms with E-state index in [0.717, 1.165) is 0 Å². The second-order valence-corrected chi connectivity index (χ2v) is 4.65.